The molecule has 1 aliphatic heterocycles. The molecule has 1 fully saturated rings. The predicted octanol–water partition coefficient (Wildman–Crippen LogP) is -0.216. The average Bonchev–Trinajstić information content (AvgIpc) is 2.63. The Morgan fingerprint density at radius 3 is 1.95 bits per heavy atom. The molecule has 0 aromatic rings. The topological polar surface area (TPSA) is 97.4 Å². The number of rotatable bonds is 5. The van der Waals surface area contributed by atoms with Crippen molar-refractivity contribution in [3.8, 4) is 0 Å². The third-order valence-electron chi connectivity index (χ3n) is 2.55. The number of hydrogen-bond donors (Lipinski definition) is 0. The minimum atomic E-state index is -0.915. The Hall–Kier alpha value is -1.67. The Kier molecular flexibility index (Phi) is 5.90. The number of methoxy groups -OCH3 is 1. The Labute approximate surface area is 116 Å². The van der Waals surface area contributed by atoms with Gasteiger partial charge in [-0.15, -0.1) is 0 Å². The lowest BCUT2D eigenvalue weighted by atomic mass is 10.1. The number of carbonyl (C=O) groups is 3. The summed E-state index contributed by atoms with van der Waals surface area (Å²) < 4.78 is 25.5. The molecule has 0 bridgehead atoms. The summed E-state index contributed by atoms with van der Waals surface area (Å²) in [5, 5.41) is 0. The summed E-state index contributed by atoms with van der Waals surface area (Å²) in [6.45, 7) is 3.54. The van der Waals surface area contributed by atoms with Crippen LogP contribution in [0, 0.1) is 0 Å². The van der Waals surface area contributed by atoms with Crippen LogP contribution in [0.3, 0.4) is 0 Å². The maximum atomic E-state index is 11.1. The highest BCUT2D eigenvalue weighted by Crippen LogP contribution is 2.27. The van der Waals surface area contributed by atoms with E-state index in [4.69, 9.17) is 23.7 Å². The van der Waals surface area contributed by atoms with Crippen LogP contribution in [0.5, 0.6) is 0 Å². The van der Waals surface area contributed by atoms with Crippen molar-refractivity contribution < 1.29 is 38.1 Å². The molecule has 8 nitrogen and oxygen atoms in total. The van der Waals surface area contributed by atoms with E-state index in [9.17, 15) is 14.4 Å². The van der Waals surface area contributed by atoms with Crippen LogP contribution < -0.4 is 0 Å². The maximum absolute atomic E-state index is 11.1. The fourth-order valence-corrected chi connectivity index (χ4v) is 1.87. The summed E-state index contributed by atoms with van der Waals surface area (Å²) in [5.74, 6) is -1.63. The van der Waals surface area contributed by atoms with E-state index in [-0.39, 0.29) is 6.61 Å². The normalized spacial score (nSPS) is 28.8. The van der Waals surface area contributed by atoms with Crippen LogP contribution in [0.2, 0.25) is 0 Å². The number of ether oxygens (including phenoxy) is 5. The molecular weight excluding hydrogens is 272 g/mol. The maximum Gasteiger partial charge on any atom is 0.303 e. The van der Waals surface area contributed by atoms with Crippen LogP contribution in [0.4, 0.5) is 0 Å². The first kappa shape index (κ1) is 16.4. The minimum Gasteiger partial charge on any atom is -0.463 e. The van der Waals surface area contributed by atoms with Gasteiger partial charge in [-0.1, -0.05) is 0 Å². The van der Waals surface area contributed by atoms with Gasteiger partial charge in [-0.25, -0.2) is 0 Å². The van der Waals surface area contributed by atoms with Gasteiger partial charge in [0, 0.05) is 27.9 Å². The molecule has 1 rings (SSSR count). The zero-order valence-corrected chi connectivity index (χ0v) is 11.8. The summed E-state index contributed by atoms with van der Waals surface area (Å²) in [7, 11) is 1.36. The van der Waals surface area contributed by atoms with Crippen molar-refractivity contribution in [1.29, 1.82) is 0 Å². The van der Waals surface area contributed by atoms with Crippen molar-refractivity contribution in [3.63, 3.8) is 0 Å². The van der Waals surface area contributed by atoms with E-state index in [1.807, 2.05) is 0 Å². The summed E-state index contributed by atoms with van der Waals surface area (Å²) >= 11 is 0. The molecule has 20 heavy (non-hydrogen) atoms. The Balaban J connectivity index is 2.84. The second-order valence-corrected chi connectivity index (χ2v) is 4.23. The van der Waals surface area contributed by atoms with Crippen LogP contribution in [-0.2, 0) is 38.1 Å². The molecule has 0 aliphatic carbocycles. The summed E-state index contributed by atoms with van der Waals surface area (Å²) in [6, 6.07) is 0. The van der Waals surface area contributed by atoms with E-state index in [2.05, 4.69) is 0 Å². The summed E-state index contributed by atoms with van der Waals surface area (Å²) in [6.07, 6.45) is -3.48. The first-order chi connectivity index (χ1) is 9.35. The van der Waals surface area contributed by atoms with Gasteiger partial charge in [0.15, 0.2) is 18.5 Å². The monoisotopic (exact) mass is 290 g/mol. The molecule has 114 valence electrons. The van der Waals surface area contributed by atoms with Crippen LogP contribution in [-0.4, -0.2) is 56.2 Å². The smallest absolute Gasteiger partial charge is 0.303 e. The molecule has 4 atom stereocenters. The van der Waals surface area contributed by atoms with Gasteiger partial charge >= 0.3 is 17.9 Å². The van der Waals surface area contributed by atoms with E-state index in [1.165, 1.54) is 27.9 Å². The van der Waals surface area contributed by atoms with Crippen LogP contribution in [0.15, 0.2) is 0 Å². The van der Waals surface area contributed by atoms with Gasteiger partial charge in [0.25, 0.3) is 0 Å². The van der Waals surface area contributed by atoms with Gasteiger partial charge in [0.1, 0.15) is 12.7 Å². The fraction of sp³-hybridized carbons (Fsp3) is 0.750. The standard InChI is InChI=1S/C12H18O8/c1-6(13)17-5-9-10(18-7(2)14)11(19-8(3)15)12(16-4)20-9/h9-12H,5H2,1-4H3/t9-,10-,11+,12+/m0/s1. The van der Waals surface area contributed by atoms with Gasteiger partial charge in [-0.3, -0.25) is 14.4 Å². The third-order valence-corrected chi connectivity index (χ3v) is 2.55. The lowest BCUT2D eigenvalue weighted by Gasteiger charge is -2.22. The highest BCUT2D eigenvalue weighted by Gasteiger charge is 2.49. The molecule has 0 aromatic carbocycles. The molecule has 1 heterocycles. The zero-order chi connectivity index (χ0) is 15.3. The minimum absolute atomic E-state index is 0.134. The zero-order valence-electron chi connectivity index (χ0n) is 11.8. The van der Waals surface area contributed by atoms with Crippen molar-refractivity contribution >= 4 is 17.9 Å². The van der Waals surface area contributed by atoms with E-state index in [1.54, 1.807) is 0 Å². The van der Waals surface area contributed by atoms with Gasteiger partial charge in [0.05, 0.1) is 0 Å². The Bertz CT molecular complexity index is 380. The molecule has 0 N–H and O–H groups in total. The molecule has 1 saturated heterocycles. The van der Waals surface area contributed by atoms with E-state index < -0.39 is 42.5 Å². The van der Waals surface area contributed by atoms with Crippen molar-refractivity contribution in [1.82, 2.24) is 0 Å². The van der Waals surface area contributed by atoms with Gasteiger partial charge < -0.3 is 23.7 Å². The molecule has 0 unspecified atom stereocenters. The second-order valence-electron chi connectivity index (χ2n) is 4.23. The van der Waals surface area contributed by atoms with Crippen molar-refractivity contribution in [2.75, 3.05) is 13.7 Å². The van der Waals surface area contributed by atoms with Gasteiger partial charge in [-0.05, 0) is 0 Å². The van der Waals surface area contributed by atoms with Crippen LogP contribution in [0.1, 0.15) is 20.8 Å². The predicted molar refractivity (Wildman–Crippen MR) is 63.4 cm³/mol. The lowest BCUT2D eigenvalue weighted by Crippen LogP contribution is -2.41. The van der Waals surface area contributed by atoms with Crippen molar-refractivity contribution in [2.45, 2.75) is 45.4 Å². The van der Waals surface area contributed by atoms with Crippen LogP contribution in [0.25, 0.3) is 0 Å². The quantitative estimate of drug-likeness (QED) is 0.506. The molecule has 8 heteroatoms. The first-order valence-electron chi connectivity index (χ1n) is 6.01. The third kappa shape index (κ3) is 4.46. The number of esters is 3. The van der Waals surface area contributed by atoms with E-state index in [0.717, 1.165) is 0 Å². The average molecular weight is 290 g/mol. The van der Waals surface area contributed by atoms with Crippen LogP contribution >= 0.6 is 0 Å². The Morgan fingerprint density at radius 1 is 0.950 bits per heavy atom. The Morgan fingerprint density at radius 2 is 1.50 bits per heavy atom. The van der Waals surface area contributed by atoms with Gasteiger partial charge in [0.2, 0.25) is 0 Å². The molecule has 0 radical (unpaired) electrons. The lowest BCUT2D eigenvalue weighted by molar-refractivity contribution is -0.181. The molecule has 0 amide bonds. The van der Waals surface area contributed by atoms with E-state index in [0.29, 0.717) is 0 Å². The molecule has 0 spiro atoms. The summed E-state index contributed by atoms with van der Waals surface area (Å²) in [4.78, 5) is 33.1. The molecule has 0 saturated carbocycles. The fourth-order valence-electron chi connectivity index (χ4n) is 1.87. The molecule has 0 aromatic heterocycles. The van der Waals surface area contributed by atoms with Crippen molar-refractivity contribution in [3.05, 3.63) is 0 Å². The van der Waals surface area contributed by atoms with E-state index >= 15 is 0 Å². The summed E-state index contributed by atoms with van der Waals surface area (Å²) in [5.41, 5.74) is 0. The second kappa shape index (κ2) is 7.20. The number of carbonyl (C=O) groups excluding carboxylic acids is 3. The molecule has 1 aliphatic rings. The molecular formula is C12H18O8. The SMILES string of the molecule is CO[C@@H]1O[C@@H](COC(C)=O)[C@H](OC(C)=O)[C@H]1OC(C)=O. The highest BCUT2D eigenvalue weighted by molar-refractivity contribution is 5.67. The largest absolute Gasteiger partial charge is 0.463 e. The van der Waals surface area contributed by atoms with Crippen molar-refractivity contribution in [2.24, 2.45) is 0 Å². The number of hydrogen-bond acceptors (Lipinski definition) is 8. The van der Waals surface area contributed by atoms with Gasteiger partial charge in [-0.2, -0.15) is 0 Å². The highest BCUT2D eigenvalue weighted by atomic mass is 16.7. The first-order valence-corrected chi connectivity index (χ1v) is 6.01.